The number of carbonyl (C=O) groups excluding carboxylic acids is 4. The Morgan fingerprint density at radius 2 is 2.04 bits per heavy atom. The van der Waals surface area contributed by atoms with E-state index < -0.39 is 30.5 Å². The van der Waals surface area contributed by atoms with E-state index in [-0.39, 0.29) is 17.8 Å². The molecule has 0 bridgehead atoms. The number of ether oxygens (including phenoxy) is 2. The van der Waals surface area contributed by atoms with Gasteiger partial charge in [-0.2, -0.15) is 0 Å². The number of carbonyl (C=O) groups is 4. The summed E-state index contributed by atoms with van der Waals surface area (Å²) in [6, 6.07) is 0.269. The van der Waals surface area contributed by atoms with E-state index in [4.69, 9.17) is 4.74 Å². The van der Waals surface area contributed by atoms with Crippen LogP contribution in [0.1, 0.15) is 40.0 Å². The molecule has 0 saturated carbocycles. The second kappa shape index (κ2) is 10.7. The molecule has 0 aliphatic carbocycles. The van der Waals surface area contributed by atoms with Gasteiger partial charge in [0.1, 0.15) is 18.0 Å². The number of Topliss-reactive ketones (excluding diaryl/α,β-unsaturated/α-hetero) is 1. The highest BCUT2D eigenvalue weighted by molar-refractivity contribution is 6.19. The molecule has 1 heterocycles. The topological polar surface area (TPSA) is 114 Å². The van der Waals surface area contributed by atoms with Crippen LogP contribution in [0.25, 0.3) is 0 Å². The van der Waals surface area contributed by atoms with Gasteiger partial charge in [-0.25, -0.2) is 0 Å². The second-order valence-corrected chi connectivity index (χ2v) is 6.01. The third kappa shape index (κ3) is 6.57. The van der Waals surface area contributed by atoms with Crippen molar-refractivity contribution in [2.45, 2.75) is 58.5 Å². The number of likely N-dealkylation sites (N-methyl/N-ethyl adjacent to an activating group) is 1. The molecule has 0 aromatic rings. The summed E-state index contributed by atoms with van der Waals surface area (Å²) in [7, 11) is 1.36. The van der Waals surface area contributed by atoms with E-state index in [1.54, 1.807) is 0 Å². The first-order valence-corrected chi connectivity index (χ1v) is 8.57. The van der Waals surface area contributed by atoms with Gasteiger partial charge in [0.15, 0.2) is 6.61 Å². The fourth-order valence-corrected chi connectivity index (χ4v) is 2.36. The van der Waals surface area contributed by atoms with E-state index in [1.807, 2.05) is 6.92 Å². The van der Waals surface area contributed by atoms with Gasteiger partial charge in [-0.05, 0) is 26.2 Å². The van der Waals surface area contributed by atoms with Crippen LogP contribution in [-0.4, -0.2) is 61.1 Å². The Hall–Kier alpha value is -2.26. The zero-order valence-corrected chi connectivity index (χ0v) is 15.6. The number of amides is 2. The Morgan fingerprint density at radius 1 is 1.35 bits per heavy atom. The molecule has 3 atom stereocenters. The zero-order valence-electron chi connectivity index (χ0n) is 15.6. The fraction of sp³-hybridized carbons (Fsp3) is 0.647. The predicted octanol–water partition coefficient (Wildman–Crippen LogP) is 0.0576. The summed E-state index contributed by atoms with van der Waals surface area (Å²) in [6.45, 7) is 4.66. The second-order valence-electron chi connectivity index (χ2n) is 6.01. The molecule has 1 aliphatic heterocycles. The van der Waals surface area contributed by atoms with E-state index in [1.165, 1.54) is 7.05 Å². The number of nitrogens with zero attached hydrogens (tertiary/aromatic N) is 1. The first kappa shape index (κ1) is 21.8. The number of esters is 1. The molecule has 0 aromatic carbocycles. The van der Waals surface area contributed by atoms with Gasteiger partial charge in [0, 0.05) is 26.2 Å². The Morgan fingerprint density at radius 3 is 2.58 bits per heavy atom. The van der Waals surface area contributed by atoms with Gasteiger partial charge in [-0.15, -0.1) is 0 Å². The average Bonchev–Trinajstić information content (AvgIpc) is 3.07. The summed E-state index contributed by atoms with van der Waals surface area (Å²) in [5, 5.41) is 5.62. The molecule has 26 heavy (non-hydrogen) atoms. The maximum Gasteiger partial charge on any atom is 0.303 e. The molecule has 2 N–H and O–H groups in total. The van der Waals surface area contributed by atoms with Crippen LogP contribution in [0, 0.1) is 0 Å². The molecule has 1 aliphatic rings. The highest BCUT2D eigenvalue weighted by Crippen LogP contribution is 2.22. The summed E-state index contributed by atoms with van der Waals surface area (Å²) in [5.74, 6) is -2.03. The highest BCUT2D eigenvalue weighted by Gasteiger charge is 2.30. The van der Waals surface area contributed by atoms with Crippen molar-refractivity contribution in [3.8, 4) is 0 Å². The van der Waals surface area contributed by atoms with Crippen molar-refractivity contribution in [3.05, 3.63) is 11.8 Å². The minimum absolute atomic E-state index is 0.203. The molecular formula is C17H27N3O6. The minimum atomic E-state index is -0.710. The molecule has 1 rings (SSSR count). The van der Waals surface area contributed by atoms with Gasteiger partial charge in [0.2, 0.25) is 12.2 Å². The van der Waals surface area contributed by atoms with Crippen LogP contribution in [0.5, 0.6) is 0 Å². The molecular weight excluding hydrogens is 342 g/mol. The van der Waals surface area contributed by atoms with Gasteiger partial charge in [0.05, 0.1) is 0 Å². The van der Waals surface area contributed by atoms with E-state index in [2.05, 4.69) is 22.3 Å². The lowest BCUT2D eigenvalue weighted by Gasteiger charge is -2.24. The van der Waals surface area contributed by atoms with Crippen molar-refractivity contribution >= 4 is 24.1 Å². The molecule has 2 amide bonds. The van der Waals surface area contributed by atoms with Gasteiger partial charge in [0.25, 0.3) is 5.91 Å². The monoisotopic (exact) mass is 369 g/mol. The summed E-state index contributed by atoms with van der Waals surface area (Å²) in [5.41, 5.74) is -0.289. The van der Waals surface area contributed by atoms with Gasteiger partial charge < -0.3 is 14.8 Å². The van der Waals surface area contributed by atoms with Crippen LogP contribution in [0.2, 0.25) is 0 Å². The maximum atomic E-state index is 12.2. The van der Waals surface area contributed by atoms with Crippen LogP contribution in [0.15, 0.2) is 11.8 Å². The molecule has 9 heteroatoms. The SMILES string of the molecule is CCC(C)NC1CC[C@H](N(C=O)/C=C(/C(=O)COC(C)=O)C(=O)NC)O1. The summed E-state index contributed by atoms with van der Waals surface area (Å²) in [6.07, 6.45) is 3.03. The smallest absolute Gasteiger partial charge is 0.303 e. The van der Waals surface area contributed by atoms with E-state index in [0.29, 0.717) is 19.3 Å². The van der Waals surface area contributed by atoms with Gasteiger partial charge >= 0.3 is 5.97 Å². The standard InChI is InChI=1S/C17H27N3O6/c1-5-11(2)19-15-6-7-16(26-15)20(10-21)8-13(17(24)18-4)14(23)9-25-12(3)22/h8,10-11,15-16,19H,5-7,9H2,1-4H3,(H,18,24)/b13-8-/t11?,15?,16-/m1/s1. The molecule has 1 fully saturated rings. The third-order valence-corrected chi connectivity index (χ3v) is 3.99. The molecule has 2 unspecified atom stereocenters. The fourth-order valence-electron chi connectivity index (χ4n) is 2.36. The van der Waals surface area contributed by atoms with Crippen molar-refractivity contribution in [1.29, 1.82) is 0 Å². The average molecular weight is 369 g/mol. The maximum absolute atomic E-state index is 12.2. The lowest BCUT2D eigenvalue weighted by atomic mass is 10.1. The number of rotatable bonds is 10. The largest absolute Gasteiger partial charge is 0.457 e. The van der Waals surface area contributed by atoms with Gasteiger partial charge in [-0.1, -0.05) is 6.92 Å². The van der Waals surface area contributed by atoms with Crippen LogP contribution in [0.3, 0.4) is 0 Å². The van der Waals surface area contributed by atoms with Gasteiger partial charge in [-0.3, -0.25) is 29.4 Å². The minimum Gasteiger partial charge on any atom is -0.457 e. The molecule has 0 spiro atoms. The normalized spacial score (nSPS) is 21.0. The molecule has 0 radical (unpaired) electrons. The van der Waals surface area contributed by atoms with Crippen LogP contribution >= 0.6 is 0 Å². The molecule has 9 nitrogen and oxygen atoms in total. The van der Waals surface area contributed by atoms with Crippen molar-refractivity contribution in [2.24, 2.45) is 0 Å². The molecule has 1 saturated heterocycles. The summed E-state index contributed by atoms with van der Waals surface area (Å²) < 4.78 is 10.4. The number of nitrogens with one attached hydrogen (secondary N) is 2. The van der Waals surface area contributed by atoms with E-state index >= 15 is 0 Å². The van der Waals surface area contributed by atoms with Crippen molar-refractivity contribution in [2.75, 3.05) is 13.7 Å². The van der Waals surface area contributed by atoms with Crippen LogP contribution in [0.4, 0.5) is 0 Å². The molecule has 146 valence electrons. The Bertz CT molecular complexity index is 563. The number of ketones is 1. The van der Waals surface area contributed by atoms with E-state index in [0.717, 1.165) is 24.4 Å². The lowest BCUT2D eigenvalue weighted by molar-refractivity contribution is -0.145. The Labute approximate surface area is 153 Å². The summed E-state index contributed by atoms with van der Waals surface area (Å²) >= 11 is 0. The lowest BCUT2D eigenvalue weighted by Crippen LogP contribution is -2.39. The first-order chi connectivity index (χ1) is 12.3. The highest BCUT2D eigenvalue weighted by atomic mass is 16.5. The van der Waals surface area contributed by atoms with Crippen LogP contribution in [-0.2, 0) is 28.7 Å². The number of hydrogen-bond acceptors (Lipinski definition) is 7. The van der Waals surface area contributed by atoms with Crippen LogP contribution < -0.4 is 10.6 Å². The number of hydrogen-bond donors (Lipinski definition) is 2. The predicted molar refractivity (Wildman–Crippen MR) is 92.5 cm³/mol. The third-order valence-electron chi connectivity index (χ3n) is 3.99. The quantitative estimate of drug-likeness (QED) is 0.184. The molecule has 0 aromatic heterocycles. The van der Waals surface area contributed by atoms with Crippen molar-refractivity contribution in [1.82, 2.24) is 15.5 Å². The first-order valence-electron chi connectivity index (χ1n) is 8.57. The van der Waals surface area contributed by atoms with Crippen molar-refractivity contribution < 1.29 is 28.7 Å². The zero-order chi connectivity index (χ0) is 19.7. The van der Waals surface area contributed by atoms with Crippen molar-refractivity contribution in [3.63, 3.8) is 0 Å². The Kier molecular flexibility index (Phi) is 8.94. The Balaban J connectivity index is 2.87. The van der Waals surface area contributed by atoms with E-state index in [9.17, 15) is 19.2 Å². The summed E-state index contributed by atoms with van der Waals surface area (Å²) in [4.78, 5) is 47.6.